The van der Waals surface area contributed by atoms with Crippen molar-refractivity contribution in [3.8, 4) is 5.75 Å². The fraction of sp³-hybridized carbons (Fsp3) is 0.394. The third-order valence-electron chi connectivity index (χ3n) is 6.25. The van der Waals surface area contributed by atoms with Crippen LogP contribution in [0, 0.1) is 0 Å². The lowest BCUT2D eigenvalue weighted by Crippen LogP contribution is -2.22. The maximum absolute atomic E-state index is 12.3. The van der Waals surface area contributed by atoms with E-state index in [0.717, 1.165) is 50.4 Å². The molecular formula is C33H44N2O8. The lowest BCUT2D eigenvalue weighted by molar-refractivity contribution is -0.134. The Labute approximate surface area is 253 Å². The van der Waals surface area contributed by atoms with Gasteiger partial charge in [-0.1, -0.05) is 49.2 Å². The SMILES string of the molecule is CC(=O)O.O=C(Nc1cccc(COCCOCCCCCCNC[C@H](O)c2ccc(O)c(CO)c2)c1)c1ccccc1. The van der Waals surface area contributed by atoms with Gasteiger partial charge in [0, 0.05) is 36.9 Å². The molecule has 0 aliphatic heterocycles. The number of ether oxygens (including phenoxy) is 2. The molecule has 0 radical (unpaired) electrons. The van der Waals surface area contributed by atoms with E-state index in [-0.39, 0.29) is 18.3 Å². The first kappa shape index (κ1) is 35.4. The summed E-state index contributed by atoms with van der Waals surface area (Å²) in [6.45, 7) is 4.26. The first-order chi connectivity index (χ1) is 20.8. The molecule has 0 unspecified atom stereocenters. The molecule has 0 heterocycles. The number of nitrogens with one attached hydrogen (secondary N) is 2. The number of aliphatic hydroxyl groups excluding tert-OH is 2. The van der Waals surface area contributed by atoms with Gasteiger partial charge in [-0.2, -0.15) is 0 Å². The van der Waals surface area contributed by atoms with Crippen LogP contribution in [0.25, 0.3) is 0 Å². The summed E-state index contributed by atoms with van der Waals surface area (Å²) < 4.78 is 11.4. The normalized spacial score (nSPS) is 11.3. The molecule has 43 heavy (non-hydrogen) atoms. The Balaban J connectivity index is 0.00000151. The highest BCUT2D eigenvalue weighted by Crippen LogP contribution is 2.22. The van der Waals surface area contributed by atoms with Crippen molar-refractivity contribution in [2.24, 2.45) is 0 Å². The second kappa shape index (κ2) is 21.0. The van der Waals surface area contributed by atoms with Crippen molar-refractivity contribution < 1.29 is 39.5 Å². The first-order valence-corrected chi connectivity index (χ1v) is 14.4. The molecule has 3 rings (SSSR count). The van der Waals surface area contributed by atoms with Gasteiger partial charge in [0.1, 0.15) is 5.75 Å². The van der Waals surface area contributed by atoms with Crippen LogP contribution >= 0.6 is 0 Å². The molecule has 1 atom stereocenters. The number of unbranched alkanes of at least 4 members (excludes halogenated alkanes) is 3. The molecule has 10 nitrogen and oxygen atoms in total. The van der Waals surface area contributed by atoms with E-state index in [4.69, 9.17) is 19.4 Å². The predicted molar refractivity (Wildman–Crippen MR) is 165 cm³/mol. The van der Waals surface area contributed by atoms with Crippen molar-refractivity contribution in [1.82, 2.24) is 5.32 Å². The molecule has 0 fully saturated rings. The maximum Gasteiger partial charge on any atom is 0.300 e. The zero-order chi connectivity index (χ0) is 31.3. The number of carboxylic acid groups (broad SMARTS) is 1. The summed E-state index contributed by atoms with van der Waals surface area (Å²) in [5.74, 6) is -0.938. The van der Waals surface area contributed by atoms with E-state index < -0.39 is 12.1 Å². The average Bonchev–Trinajstić information content (AvgIpc) is 3.00. The first-order valence-electron chi connectivity index (χ1n) is 14.4. The van der Waals surface area contributed by atoms with E-state index in [0.29, 0.717) is 49.7 Å². The lowest BCUT2D eigenvalue weighted by Gasteiger charge is -2.14. The standard InChI is InChI=1S/C31H40N2O6.C2H4O2/c34-22-27-20-26(13-14-29(27)35)30(36)21-32-15-6-1-2-7-16-38-17-18-39-23-24-9-8-12-28(19-24)33-31(37)25-10-4-3-5-11-25;1-2(3)4/h3-5,8-14,19-20,30,32,34-36H,1-2,6-7,15-18,21-23H2,(H,33,37);1H3,(H,3,4)/t30-;/m0./s1. The number of carbonyl (C=O) groups is 2. The van der Waals surface area contributed by atoms with Crippen LogP contribution in [0.5, 0.6) is 5.75 Å². The van der Waals surface area contributed by atoms with Gasteiger partial charge in [-0.25, -0.2) is 0 Å². The second-order valence-electron chi connectivity index (χ2n) is 9.88. The summed E-state index contributed by atoms with van der Waals surface area (Å²) in [6.07, 6.45) is 3.47. The molecule has 10 heteroatoms. The Hall–Kier alpha value is -3.80. The van der Waals surface area contributed by atoms with Gasteiger partial charge in [-0.15, -0.1) is 0 Å². The monoisotopic (exact) mass is 596 g/mol. The Morgan fingerprint density at radius 1 is 0.860 bits per heavy atom. The van der Waals surface area contributed by atoms with Gasteiger partial charge in [-0.3, -0.25) is 9.59 Å². The molecule has 0 saturated heterocycles. The number of aromatic hydroxyl groups is 1. The Bertz CT molecular complexity index is 1220. The molecule has 0 aliphatic rings. The summed E-state index contributed by atoms with van der Waals surface area (Å²) in [6, 6.07) is 21.5. The van der Waals surface area contributed by atoms with Crippen LogP contribution in [0.4, 0.5) is 5.69 Å². The van der Waals surface area contributed by atoms with Crippen molar-refractivity contribution in [2.45, 2.75) is 51.9 Å². The minimum Gasteiger partial charge on any atom is -0.508 e. The predicted octanol–water partition coefficient (Wildman–Crippen LogP) is 4.64. The summed E-state index contributed by atoms with van der Waals surface area (Å²) in [7, 11) is 0. The molecule has 0 saturated carbocycles. The van der Waals surface area contributed by atoms with E-state index in [9.17, 15) is 20.1 Å². The number of rotatable bonds is 18. The van der Waals surface area contributed by atoms with E-state index >= 15 is 0 Å². The molecule has 3 aromatic carbocycles. The van der Waals surface area contributed by atoms with Crippen LogP contribution in [0.1, 0.15) is 65.8 Å². The molecule has 234 valence electrons. The smallest absolute Gasteiger partial charge is 0.300 e. The third kappa shape index (κ3) is 15.3. The summed E-state index contributed by atoms with van der Waals surface area (Å²) in [5, 5.41) is 42.7. The number of hydrogen-bond acceptors (Lipinski definition) is 8. The van der Waals surface area contributed by atoms with Crippen LogP contribution in [0.2, 0.25) is 0 Å². The Kier molecular flexibility index (Phi) is 17.3. The van der Waals surface area contributed by atoms with Gasteiger partial charge >= 0.3 is 0 Å². The second-order valence-corrected chi connectivity index (χ2v) is 9.88. The molecule has 0 aliphatic carbocycles. The topological polar surface area (TPSA) is 158 Å². The number of aliphatic carboxylic acids is 1. The minimum atomic E-state index is -0.833. The number of phenols is 1. The van der Waals surface area contributed by atoms with Gasteiger partial charge < -0.3 is 40.5 Å². The van der Waals surface area contributed by atoms with Gasteiger partial charge in [0.15, 0.2) is 0 Å². The highest BCUT2D eigenvalue weighted by Gasteiger charge is 2.10. The number of carboxylic acids is 1. The quantitative estimate of drug-likeness (QED) is 0.115. The van der Waals surface area contributed by atoms with E-state index in [2.05, 4.69) is 10.6 Å². The molecule has 0 aromatic heterocycles. The molecule has 6 N–H and O–H groups in total. The number of aliphatic hydroxyl groups is 2. The van der Waals surface area contributed by atoms with Gasteiger partial charge in [0.2, 0.25) is 0 Å². The molecule has 3 aromatic rings. The van der Waals surface area contributed by atoms with Gasteiger partial charge in [0.25, 0.3) is 11.9 Å². The van der Waals surface area contributed by atoms with Crippen molar-refractivity contribution in [3.05, 3.63) is 95.1 Å². The number of anilines is 1. The van der Waals surface area contributed by atoms with Crippen LogP contribution in [0.15, 0.2) is 72.8 Å². The van der Waals surface area contributed by atoms with Crippen molar-refractivity contribution in [1.29, 1.82) is 0 Å². The largest absolute Gasteiger partial charge is 0.508 e. The van der Waals surface area contributed by atoms with Crippen LogP contribution in [-0.2, 0) is 27.5 Å². The van der Waals surface area contributed by atoms with Crippen molar-refractivity contribution >= 4 is 17.6 Å². The van der Waals surface area contributed by atoms with Crippen LogP contribution in [0.3, 0.4) is 0 Å². The lowest BCUT2D eigenvalue weighted by atomic mass is 10.1. The number of amides is 1. The highest BCUT2D eigenvalue weighted by atomic mass is 16.5. The molecule has 0 spiro atoms. The van der Waals surface area contributed by atoms with E-state index in [1.807, 2.05) is 42.5 Å². The molecule has 1 amide bonds. The number of carbonyl (C=O) groups excluding carboxylic acids is 1. The van der Waals surface area contributed by atoms with Crippen molar-refractivity contribution in [2.75, 3.05) is 38.2 Å². The summed E-state index contributed by atoms with van der Waals surface area (Å²) in [4.78, 5) is 21.3. The van der Waals surface area contributed by atoms with Gasteiger partial charge in [-0.05, 0) is 66.9 Å². The minimum absolute atomic E-state index is 0.0337. The Morgan fingerprint density at radius 3 is 2.33 bits per heavy atom. The zero-order valence-electron chi connectivity index (χ0n) is 24.7. The highest BCUT2D eigenvalue weighted by molar-refractivity contribution is 6.04. The summed E-state index contributed by atoms with van der Waals surface area (Å²) in [5.41, 5.74) is 3.43. The fourth-order valence-corrected chi connectivity index (χ4v) is 4.05. The molecule has 0 bridgehead atoms. The van der Waals surface area contributed by atoms with E-state index in [1.165, 1.54) is 6.07 Å². The zero-order valence-corrected chi connectivity index (χ0v) is 24.7. The van der Waals surface area contributed by atoms with Crippen molar-refractivity contribution in [3.63, 3.8) is 0 Å². The summed E-state index contributed by atoms with van der Waals surface area (Å²) >= 11 is 0. The number of hydrogen-bond donors (Lipinski definition) is 6. The molecular weight excluding hydrogens is 552 g/mol. The Morgan fingerprint density at radius 2 is 1.58 bits per heavy atom. The average molecular weight is 597 g/mol. The van der Waals surface area contributed by atoms with E-state index in [1.54, 1.807) is 24.3 Å². The number of benzene rings is 3. The van der Waals surface area contributed by atoms with Gasteiger partial charge in [0.05, 0.1) is 32.5 Å². The fourth-order valence-electron chi connectivity index (χ4n) is 4.05. The third-order valence-corrected chi connectivity index (χ3v) is 6.25. The maximum atomic E-state index is 12.3. The van der Waals surface area contributed by atoms with Crippen LogP contribution < -0.4 is 10.6 Å². The van der Waals surface area contributed by atoms with Crippen LogP contribution in [-0.4, -0.2) is 65.2 Å².